The standard InChI is InChI=1S/C21H22N4O2/c1-14-10-15(2)25(23-14)19-8-9-24(13-19)21(27)17-5-3-4-16(11-17)18-6-7-20(26)22-12-18/h3-7,10-12,19H,8-9,13H2,1-2H3,(H,22,26). The molecular weight excluding hydrogens is 340 g/mol. The first-order valence-corrected chi connectivity index (χ1v) is 9.12. The molecule has 1 aromatic carbocycles. The van der Waals surface area contributed by atoms with E-state index in [1.54, 1.807) is 12.3 Å². The topological polar surface area (TPSA) is 71.0 Å². The summed E-state index contributed by atoms with van der Waals surface area (Å²) in [5.41, 5.74) is 4.45. The Morgan fingerprint density at radius 2 is 2.00 bits per heavy atom. The maximum absolute atomic E-state index is 13.0. The lowest BCUT2D eigenvalue weighted by atomic mass is 10.0. The van der Waals surface area contributed by atoms with Gasteiger partial charge >= 0.3 is 0 Å². The number of carbonyl (C=O) groups excluding carboxylic acids is 1. The van der Waals surface area contributed by atoms with Crippen molar-refractivity contribution in [1.82, 2.24) is 19.7 Å². The lowest BCUT2D eigenvalue weighted by Gasteiger charge is -2.18. The number of amides is 1. The molecule has 1 aliphatic heterocycles. The Balaban J connectivity index is 1.53. The summed E-state index contributed by atoms with van der Waals surface area (Å²) >= 11 is 0. The van der Waals surface area contributed by atoms with Crippen molar-refractivity contribution >= 4 is 5.91 Å². The first-order valence-electron chi connectivity index (χ1n) is 9.12. The van der Waals surface area contributed by atoms with Crippen LogP contribution in [0.25, 0.3) is 11.1 Å². The molecule has 6 nitrogen and oxygen atoms in total. The van der Waals surface area contributed by atoms with Crippen molar-refractivity contribution in [2.45, 2.75) is 26.3 Å². The Bertz CT molecular complexity index is 1030. The average molecular weight is 362 g/mol. The molecule has 0 bridgehead atoms. The van der Waals surface area contributed by atoms with Gasteiger partial charge in [0.1, 0.15) is 0 Å². The van der Waals surface area contributed by atoms with E-state index in [2.05, 4.69) is 23.1 Å². The van der Waals surface area contributed by atoms with Gasteiger partial charge in [-0.1, -0.05) is 12.1 Å². The molecule has 27 heavy (non-hydrogen) atoms. The number of hydrogen-bond acceptors (Lipinski definition) is 3. The summed E-state index contributed by atoms with van der Waals surface area (Å²) in [5, 5.41) is 4.57. The van der Waals surface area contributed by atoms with Crippen molar-refractivity contribution in [3.05, 3.63) is 76.0 Å². The van der Waals surface area contributed by atoms with Crippen molar-refractivity contribution < 1.29 is 4.79 Å². The number of pyridine rings is 1. The first-order chi connectivity index (χ1) is 13.0. The molecular formula is C21H22N4O2. The van der Waals surface area contributed by atoms with Crippen LogP contribution in [0.3, 0.4) is 0 Å². The van der Waals surface area contributed by atoms with Gasteiger partial charge in [0.2, 0.25) is 5.56 Å². The zero-order valence-electron chi connectivity index (χ0n) is 15.5. The minimum absolute atomic E-state index is 0.0327. The molecule has 1 aliphatic rings. The Kier molecular flexibility index (Phi) is 4.39. The smallest absolute Gasteiger partial charge is 0.253 e. The van der Waals surface area contributed by atoms with Crippen LogP contribution in [0.15, 0.2) is 53.5 Å². The molecule has 0 aliphatic carbocycles. The summed E-state index contributed by atoms with van der Waals surface area (Å²) in [7, 11) is 0. The number of hydrogen-bond donors (Lipinski definition) is 1. The molecule has 1 unspecified atom stereocenters. The Hall–Kier alpha value is -3.15. The van der Waals surface area contributed by atoms with E-state index < -0.39 is 0 Å². The monoisotopic (exact) mass is 362 g/mol. The van der Waals surface area contributed by atoms with Crippen LogP contribution >= 0.6 is 0 Å². The highest BCUT2D eigenvalue weighted by molar-refractivity contribution is 5.95. The third-order valence-corrected chi connectivity index (χ3v) is 5.07. The first kappa shape index (κ1) is 17.3. The van der Waals surface area contributed by atoms with E-state index in [1.807, 2.05) is 40.8 Å². The number of nitrogens with one attached hydrogen (secondary N) is 1. The summed E-state index contributed by atoms with van der Waals surface area (Å²) in [6.45, 7) is 5.44. The van der Waals surface area contributed by atoms with Gasteiger partial charge in [0.05, 0.1) is 11.7 Å². The fourth-order valence-corrected chi connectivity index (χ4v) is 3.75. The third kappa shape index (κ3) is 3.43. The van der Waals surface area contributed by atoms with Crippen LogP contribution in [0, 0.1) is 13.8 Å². The maximum atomic E-state index is 13.0. The number of nitrogens with zero attached hydrogens (tertiary/aromatic N) is 3. The molecule has 3 aromatic rings. The fourth-order valence-electron chi connectivity index (χ4n) is 3.75. The third-order valence-electron chi connectivity index (χ3n) is 5.07. The maximum Gasteiger partial charge on any atom is 0.253 e. The Morgan fingerprint density at radius 3 is 2.70 bits per heavy atom. The molecule has 1 N–H and O–H groups in total. The molecule has 2 aromatic heterocycles. The molecule has 1 fully saturated rings. The zero-order valence-corrected chi connectivity index (χ0v) is 15.5. The second-order valence-electron chi connectivity index (χ2n) is 7.09. The summed E-state index contributed by atoms with van der Waals surface area (Å²) in [6, 6.07) is 13.1. The van der Waals surface area contributed by atoms with Gasteiger partial charge in [0.25, 0.3) is 5.91 Å². The van der Waals surface area contributed by atoms with Crippen LogP contribution in [0.1, 0.15) is 34.2 Å². The van der Waals surface area contributed by atoms with Crippen LogP contribution in [-0.2, 0) is 0 Å². The van der Waals surface area contributed by atoms with Gasteiger partial charge in [-0.25, -0.2) is 0 Å². The van der Waals surface area contributed by atoms with Gasteiger partial charge in [-0.2, -0.15) is 5.10 Å². The number of aryl methyl sites for hydroxylation is 2. The molecule has 0 radical (unpaired) electrons. The number of likely N-dealkylation sites (tertiary alicyclic amines) is 1. The average Bonchev–Trinajstić information content (AvgIpc) is 3.28. The van der Waals surface area contributed by atoms with Gasteiger partial charge < -0.3 is 9.88 Å². The van der Waals surface area contributed by atoms with Gasteiger partial charge in [-0.3, -0.25) is 14.3 Å². The summed E-state index contributed by atoms with van der Waals surface area (Å²) in [5.74, 6) is 0.0327. The van der Waals surface area contributed by atoms with Crippen LogP contribution in [-0.4, -0.2) is 38.7 Å². The molecule has 0 saturated carbocycles. The van der Waals surface area contributed by atoms with E-state index in [4.69, 9.17) is 0 Å². The van der Waals surface area contributed by atoms with E-state index in [1.165, 1.54) is 6.07 Å². The van der Waals surface area contributed by atoms with Crippen molar-refractivity contribution in [2.75, 3.05) is 13.1 Å². The molecule has 0 spiro atoms. The summed E-state index contributed by atoms with van der Waals surface area (Å²) in [4.78, 5) is 28.8. The van der Waals surface area contributed by atoms with E-state index in [0.717, 1.165) is 35.5 Å². The van der Waals surface area contributed by atoms with Crippen LogP contribution in [0.5, 0.6) is 0 Å². The normalized spacial score (nSPS) is 16.7. The van der Waals surface area contributed by atoms with Crippen molar-refractivity contribution in [3.8, 4) is 11.1 Å². The number of aromatic nitrogens is 3. The highest BCUT2D eigenvalue weighted by Gasteiger charge is 2.29. The minimum Gasteiger partial charge on any atom is -0.336 e. The zero-order chi connectivity index (χ0) is 19.0. The Morgan fingerprint density at radius 1 is 1.15 bits per heavy atom. The van der Waals surface area contributed by atoms with Crippen LogP contribution in [0.2, 0.25) is 0 Å². The number of benzene rings is 1. The van der Waals surface area contributed by atoms with Gasteiger partial charge in [0.15, 0.2) is 0 Å². The summed E-state index contributed by atoms with van der Waals surface area (Å²) in [6.07, 6.45) is 2.58. The second kappa shape index (κ2) is 6.87. The minimum atomic E-state index is -0.141. The van der Waals surface area contributed by atoms with Crippen LogP contribution < -0.4 is 5.56 Å². The van der Waals surface area contributed by atoms with E-state index in [0.29, 0.717) is 12.1 Å². The van der Waals surface area contributed by atoms with E-state index in [9.17, 15) is 9.59 Å². The molecule has 138 valence electrons. The van der Waals surface area contributed by atoms with Gasteiger partial charge in [-0.05, 0) is 55.7 Å². The fraction of sp³-hybridized carbons (Fsp3) is 0.286. The highest BCUT2D eigenvalue weighted by Crippen LogP contribution is 2.26. The van der Waals surface area contributed by atoms with Crippen LogP contribution in [0.4, 0.5) is 0 Å². The number of rotatable bonds is 3. The molecule has 4 rings (SSSR count). The Labute approximate surface area is 157 Å². The van der Waals surface area contributed by atoms with Gasteiger partial charge in [-0.15, -0.1) is 0 Å². The molecule has 3 heterocycles. The van der Waals surface area contributed by atoms with E-state index in [-0.39, 0.29) is 17.5 Å². The summed E-state index contributed by atoms with van der Waals surface area (Å²) < 4.78 is 2.04. The van der Waals surface area contributed by atoms with Crippen molar-refractivity contribution in [2.24, 2.45) is 0 Å². The lowest BCUT2D eigenvalue weighted by molar-refractivity contribution is 0.0787. The lowest BCUT2D eigenvalue weighted by Crippen LogP contribution is -2.29. The predicted molar refractivity (Wildman–Crippen MR) is 104 cm³/mol. The number of H-pyrrole nitrogens is 1. The van der Waals surface area contributed by atoms with Crippen molar-refractivity contribution in [3.63, 3.8) is 0 Å². The SMILES string of the molecule is Cc1cc(C)n(C2CCN(C(=O)c3cccc(-c4ccc(=O)[nH]c4)c3)C2)n1. The molecule has 1 saturated heterocycles. The van der Waals surface area contributed by atoms with Gasteiger partial charge in [0, 0.05) is 36.6 Å². The van der Waals surface area contributed by atoms with Crippen molar-refractivity contribution in [1.29, 1.82) is 0 Å². The highest BCUT2D eigenvalue weighted by atomic mass is 16.2. The number of carbonyl (C=O) groups is 1. The number of aromatic amines is 1. The quantitative estimate of drug-likeness (QED) is 0.779. The predicted octanol–water partition coefficient (Wildman–Crippen LogP) is 2.94. The second-order valence-corrected chi connectivity index (χ2v) is 7.09. The molecule has 1 atom stereocenters. The molecule has 6 heteroatoms. The largest absolute Gasteiger partial charge is 0.336 e. The molecule has 1 amide bonds. The van der Waals surface area contributed by atoms with E-state index >= 15 is 0 Å².